The van der Waals surface area contributed by atoms with Crippen molar-refractivity contribution >= 4 is 29.2 Å². The summed E-state index contributed by atoms with van der Waals surface area (Å²) in [6.07, 6.45) is 2.83. The molecule has 0 spiro atoms. The molecule has 1 aromatic rings. The van der Waals surface area contributed by atoms with Crippen molar-refractivity contribution in [2.45, 2.75) is 25.7 Å². The molecule has 1 amide bonds. The van der Waals surface area contributed by atoms with E-state index >= 15 is 0 Å². The van der Waals surface area contributed by atoms with Crippen molar-refractivity contribution in [1.82, 2.24) is 0 Å². The summed E-state index contributed by atoms with van der Waals surface area (Å²) in [6, 6.07) is 4.28. The highest BCUT2D eigenvalue weighted by molar-refractivity contribution is 6.31. The van der Waals surface area contributed by atoms with Crippen LogP contribution >= 0.6 is 11.6 Å². The van der Waals surface area contributed by atoms with Gasteiger partial charge in [-0.2, -0.15) is 0 Å². The number of amides is 1. The number of nitrogens with one attached hydrogen (secondary N) is 1. The van der Waals surface area contributed by atoms with Gasteiger partial charge in [0.1, 0.15) is 0 Å². The SMILES string of the molecule is NCCCCCC(=O)Nc1cc(Cl)ccc1C(=O)O. The van der Waals surface area contributed by atoms with Gasteiger partial charge in [-0.25, -0.2) is 4.79 Å². The normalized spacial score (nSPS) is 10.2. The van der Waals surface area contributed by atoms with Gasteiger partial charge in [0.2, 0.25) is 5.91 Å². The Morgan fingerprint density at radius 3 is 2.63 bits per heavy atom. The van der Waals surface area contributed by atoms with E-state index in [4.69, 9.17) is 22.4 Å². The first-order chi connectivity index (χ1) is 9.04. The molecule has 19 heavy (non-hydrogen) atoms. The summed E-state index contributed by atoms with van der Waals surface area (Å²) in [5, 5.41) is 12.0. The Bertz CT molecular complexity index is 463. The van der Waals surface area contributed by atoms with Gasteiger partial charge in [-0.1, -0.05) is 18.0 Å². The molecule has 5 nitrogen and oxygen atoms in total. The molecule has 0 fully saturated rings. The van der Waals surface area contributed by atoms with Crippen LogP contribution in [0.25, 0.3) is 0 Å². The predicted octanol–water partition coefficient (Wildman–Crippen LogP) is 2.50. The van der Waals surface area contributed by atoms with E-state index in [2.05, 4.69) is 5.32 Å². The maximum absolute atomic E-state index is 11.7. The molecule has 1 rings (SSSR count). The zero-order valence-electron chi connectivity index (χ0n) is 10.5. The van der Waals surface area contributed by atoms with Crippen molar-refractivity contribution in [3.63, 3.8) is 0 Å². The van der Waals surface area contributed by atoms with E-state index in [-0.39, 0.29) is 17.2 Å². The number of carboxylic acid groups (broad SMARTS) is 1. The fourth-order valence-electron chi connectivity index (χ4n) is 1.63. The van der Waals surface area contributed by atoms with Crippen LogP contribution < -0.4 is 11.1 Å². The fraction of sp³-hybridized carbons (Fsp3) is 0.385. The van der Waals surface area contributed by atoms with Crippen LogP contribution in [0.15, 0.2) is 18.2 Å². The highest BCUT2D eigenvalue weighted by atomic mass is 35.5. The first-order valence-electron chi connectivity index (χ1n) is 6.07. The fourth-order valence-corrected chi connectivity index (χ4v) is 1.80. The van der Waals surface area contributed by atoms with Crippen molar-refractivity contribution < 1.29 is 14.7 Å². The van der Waals surface area contributed by atoms with Crippen LogP contribution in [0, 0.1) is 0 Å². The van der Waals surface area contributed by atoms with Gasteiger partial charge in [0.25, 0.3) is 0 Å². The van der Waals surface area contributed by atoms with E-state index < -0.39 is 5.97 Å². The van der Waals surface area contributed by atoms with Crippen molar-refractivity contribution in [3.8, 4) is 0 Å². The molecular weight excluding hydrogens is 268 g/mol. The zero-order valence-corrected chi connectivity index (χ0v) is 11.2. The van der Waals surface area contributed by atoms with Gasteiger partial charge < -0.3 is 16.2 Å². The minimum absolute atomic E-state index is 0.0275. The Morgan fingerprint density at radius 1 is 1.26 bits per heavy atom. The van der Waals surface area contributed by atoms with E-state index in [1.54, 1.807) is 0 Å². The average molecular weight is 285 g/mol. The van der Waals surface area contributed by atoms with Crippen LogP contribution in [0.2, 0.25) is 5.02 Å². The molecule has 0 aliphatic heterocycles. The topological polar surface area (TPSA) is 92.4 Å². The van der Waals surface area contributed by atoms with Gasteiger partial charge in [0, 0.05) is 11.4 Å². The van der Waals surface area contributed by atoms with E-state index in [1.807, 2.05) is 0 Å². The second kappa shape index (κ2) is 7.76. The molecule has 0 unspecified atom stereocenters. The average Bonchev–Trinajstić information content (AvgIpc) is 2.34. The lowest BCUT2D eigenvalue weighted by molar-refractivity contribution is -0.116. The van der Waals surface area contributed by atoms with Crippen molar-refractivity contribution in [2.24, 2.45) is 5.73 Å². The third-order valence-electron chi connectivity index (χ3n) is 2.59. The number of halogens is 1. The number of unbranched alkanes of at least 4 members (excludes halogenated alkanes) is 2. The van der Waals surface area contributed by atoms with Crippen LogP contribution in [-0.4, -0.2) is 23.5 Å². The summed E-state index contributed by atoms with van der Waals surface area (Å²) in [4.78, 5) is 22.7. The zero-order chi connectivity index (χ0) is 14.3. The summed E-state index contributed by atoms with van der Waals surface area (Å²) in [5.74, 6) is -1.32. The largest absolute Gasteiger partial charge is 0.478 e. The number of benzene rings is 1. The van der Waals surface area contributed by atoms with Crippen LogP contribution in [0.5, 0.6) is 0 Å². The summed E-state index contributed by atoms with van der Waals surface area (Å²) in [7, 11) is 0. The predicted molar refractivity (Wildman–Crippen MR) is 74.6 cm³/mol. The highest BCUT2D eigenvalue weighted by Gasteiger charge is 2.12. The second-order valence-electron chi connectivity index (χ2n) is 4.14. The lowest BCUT2D eigenvalue weighted by atomic mass is 10.1. The van der Waals surface area contributed by atoms with Gasteiger partial charge in [-0.3, -0.25) is 4.79 Å². The van der Waals surface area contributed by atoms with Gasteiger partial charge in [-0.05, 0) is 37.6 Å². The maximum Gasteiger partial charge on any atom is 0.337 e. The standard InChI is InChI=1S/C13H17ClN2O3/c14-9-5-6-10(13(18)19)11(8-9)16-12(17)4-2-1-3-7-15/h5-6,8H,1-4,7,15H2,(H,16,17)(H,18,19). The Hall–Kier alpha value is -1.59. The van der Waals surface area contributed by atoms with Crippen LogP contribution in [-0.2, 0) is 4.79 Å². The first kappa shape index (κ1) is 15.5. The van der Waals surface area contributed by atoms with E-state index in [0.717, 1.165) is 19.3 Å². The number of hydrogen-bond acceptors (Lipinski definition) is 3. The number of nitrogens with two attached hydrogens (primary N) is 1. The van der Waals surface area contributed by atoms with Crippen molar-refractivity contribution in [1.29, 1.82) is 0 Å². The molecule has 0 aromatic heterocycles. The molecule has 6 heteroatoms. The molecule has 104 valence electrons. The molecule has 0 aliphatic carbocycles. The van der Waals surface area contributed by atoms with Gasteiger partial charge in [0.15, 0.2) is 0 Å². The minimum atomic E-state index is -1.10. The monoisotopic (exact) mass is 284 g/mol. The number of carbonyl (C=O) groups is 2. The smallest absolute Gasteiger partial charge is 0.337 e. The summed E-state index contributed by atoms with van der Waals surface area (Å²) in [5.41, 5.74) is 5.61. The number of hydrogen-bond donors (Lipinski definition) is 3. The number of rotatable bonds is 7. The van der Waals surface area contributed by atoms with Crippen LogP contribution in [0.4, 0.5) is 5.69 Å². The molecule has 0 bridgehead atoms. The molecule has 0 saturated carbocycles. The lowest BCUT2D eigenvalue weighted by Gasteiger charge is -2.08. The summed E-state index contributed by atoms with van der Waals surface area (Å²) >= 11 is 5.79. The third kappa shape index (κ3) is 5.28. The lowest BCUT2D eigenvalue weighted by Crippen LogP contribution is -2.14. The molecule has 4 N–H and O–H groups in total. The Labute approximate surface area is 116 Å². The maximum atomic E-state index is 11.7. The molecular formula is C13H17ClN2O3. The Morgan fingerprint density at radius 2 is 2.00 bits per heavy atom. The quantitative estimate of drug-likeness (QED) is 0.671. The van der Waals surface area contributed by atoms with Crippen LogP contribution in [0.3, 0.4) is 0 Å². The number of carboxylic acids is 1. The van der Waals surface area contributed by atoms with E-state index in [9.17, 15) is 9.59 Å². The summed E-state index contributed by atoms with van der Waals surface area (Å²) in [6.45, 7) is 0.610. The van der Waals surface area contributed by atoms with E-state index in [0.29, 0.717) is 18.0 Å². The minimum Gasteiger partial charge on any atom is -0.478 e. The molecule has 0 saturated heterocycles. The third-order valence-corrected chi connectivity index (χ3v) is 2.83. The molecule has 0 heterocycles. The highest BCUT2D eigenvalue weighted by Crippen LogP contribution is 2.21. The van der Waals surface area contributed by atoms with Crippen LogP contribution in [0.1, 0.15) is 36.0 Å². The number of aromatic carboxylic acids is 1. The molecule has 0 aliphatic rings. The molecule has 0 atom stereocenters. The first-order valence-corrected chi connectivity index (χ1v) is 6.45. The van der Waals surface area contributed by atoms with Crippen molar-refractivity contribution in [3.05, 3.63) is 28.8 Å². The number of carbonyl (C=O) groups excluding carboxylic acids is 1. The van der Waals surface area contributed by atoms with Gasteiger partial charge in [-0.15, -0.1) is 0 Å². The number of anilines is 1. The van der Waals surface area contributed by atoms with Gasteiger partial charge >= 0.3 is 5.97 Å². The Kier molecular flexibility index (Phi) is 6.32. The van der Waals surface area contributed by atoms with Crippen molar-refractivity contribution in [2.75, 3.05) is 11.9 Å². The molecule has 1 aromatic carbocycles. The molecule has 0 radical (unpaired) electrons. The van der Waals surface area contributed by atoms with Gasteiger partial charge in [0.05, 0.1) is 11.3 Å². The summed E-state index contributed by atoms with van der Waals surface area (Å²) < 4.78 is 0. The second-order valence-corrected chi connectivity index (χ2v) is 4.58. The Balaban J connectivity index is 2.62. The van der Waals surface area contributed by atoms with E-state index in [1.165, 1.54) is 18.2 Å².